The summed E-state index contributed by atoms with van der Waals surface area (Å²) < 4.78 is 5.97. The molecule has 0 spiro atoms. The molecule has 0 radical (unpaired) electrons. The van der Waals surface area contributed by atoms with Gasteiger partial charge in [0.05, 0.1) is 5.60 Å². The Hall–Kier alpha value is -0.0800. The lowest BCUT2D eigenvalue weighted by atomic mass is 9.73. The van der Waals surface area contributed by atoms with Crippen LogP contribution in [0.1, 0.15) is 51.9 Å². The highest BCUT2D eigenvalue weighted by atomic mass is 16.5. The van der Waals surface area contributed by atoms with E-state index in [1.54, 1.807) is 0 Å². The number of hydrogen-bond donors (Lipinski definition) is 1. The molecule has 2 saturated carbocycles. The summed E-state index contributed by atoms with van der Waals surface area (Å²) in [6, 6.07) is 0.563. The molecule has 94 valence electrons. The van der Waals surface area contributed by atoms with Gasteiger partial charge in [-0.05, 0) is 38.1 Å². The van der Waals surface area contributed by atoms with Crippen LogP contribution in [-0.4, -0.2) is 25.8 Å². The van der Waals surface area contributed by atoms with Crippen molar-refractivity contribution in [1.82, 2.24) is 5.32 Å². The summed E-state index contributed by atoms with van der Waals surface area (Å²) in [5.74, 6) is 1.80. The first-order valence-corrected chi connectivity index (χ1v) is 6.92. The topological polar surface area (TPSA) is 21.3 Å². The second-order valence-corrected chi connectivity index (χ2v) is 5.99. The van der Waals surface area contributed by atoms with Gasteiger partial charge in [0, 0.05) is 13.2 Å². The molecule has 2 aliphatic rings. The van der Waals surface area contributed by atoms with E-state index in [-0.39, 0.29) is 5.60 Å². The fourth-order valence-corrected chi connectivity index (χ4v) is 3.47. The van der Waals surface area contributed by atoms with Crippen molar-refractivity contribution in [3.8, 4) is 0 Å². The van der Waals surface area contributed by atoms with Crippen LogP contribution >= 0.6 is 0 Å². The van der Waals surface area contributed by atoms with Crippen LogP contribution in [0, 0.1) is 11.8 Å². The molecule has 3 unspecified atom stereocenters. The summed E-state index contributed by atoms with van der Waals surface area (Å²) in [6.07, 6.45) is 9.38. The van der Waals surface area contributed by atoms with Gasteiger partial charge in [0.15, 0.2) is 0 Å². The van der Waals surface area contributed by atoms with Crippen LogP contribution in [0.4, 0.5) is 0 Å². The number of rotatable bonds is 5. The van der Waals surface area contributed by atoms with Crippen LogP contribution < -0.4 is 5.32 Å². The third-order valence-electron chi connectivity index (χ3n) is 4.65. The summed E-state index contributed by atoms with van der Waals surface area (Å²) in [4.78, 5) is 0. The molecule has 0 bridgehead atoms. The number of nitrogens with one attached hydrogen (secondary N) is 1. The summed E-state index contributed by atoms with van der Waals surface area (Å²) in [6.45, 7) is 2.37. The third-order valence-corrected chi connectivity index (χ3v) is 4.65. The number of methoxy groups -OCH3 is 1. The predicted octanol–water partition coefficient (Wildman–Crippen LogP) is 2.97. The molecule has 1 N–H and O–H groups in total. The lowest BCUT2D eigenvalue weighted by Gasteiger charge is -2.44. The van der Waals surface area contributed by atoms with Gasteiger partial charge in [-0.15, -0.1) is 0 Å². The van der Waals surface area contributed by atoms with Crippen LogP contribution in [0.5, 0.6) is 0 Å². The summed E-state index contributed by atoms with van der Waals surface area (Å²) in [7, 11) is 4.02. The Balaban J connectivity index is 2.03. The standard InChI is InChI=1S/C14H27NO/c1-11-5-4-8-14(10-11,16-3)13(15-2)9-12-6-7-12/h11-13,15H,4-10H2,1-3H3. The van der Waals surface area contributed by atoms with Crippen molar-refractivity contribution in [3.05, 3.63) is 0 Å². The summed E-state index contributed by atoms with van der Waals surface area (Å²) in [5.41, 5.74) is 0.120. The van der Waals surface area contributed by atoms with E-state index in [1.807, 2.05) is 7.11 Å². The highest BCUT2D eigenvalue weighted by Crippen LogP contribution is 2.42. The van der Waals surface area contributed by atoms with E-state index < -0.39 is 0 Å². The molecule has 0 aromatic rings. The molecule has 16 heavy (non-hydrogen) atoms. The van der Waals surface area contributed by atoms with Crippen molar-refractivity contribution in [1.29, 1.82) is 0 Å². The van der Waals surface area contributed by atoms with Crippen molar-refractivity contribution >= 4 is 0 Å². The van der Waals surface area contributed by atoms with Crippen LogP contribution in [0.3, 0.4) is 0 Å². The number of hydrogen-bond acceptors (Lipinski definition) is 2. The second-order valence-electron chi connectivity index (χ2n) is 5.99. The maximum absolute atomic E-state index is 5.97. The molecular weight excluding hydrogens is 198 g/mol. The largest absolute Gasteiger partial charge is 0.377 e. The van der Waals surface area contributed by atoms with Gasteiger partial charge < -0.3 is 10.1 Å². The van der Waals surface area contributed by atoms with Gasteiger partial charge in [0.2, 0.25) is 0 Å². The Labute approximate surface area is 100 Å². The fraction of sp³-hybridized carbons (Fsp3) is 1.00. The Morgan fingerprint density at radius 2 is 2.12 bits per heavy atom. The molecule has 0 aromatic heterocycles. The minimum absolute atomic E-state index is 0.120. The lowest BCUT2D eigenvalue weighted by Crippen LogP contribution is -2.53. The van der Waals surface area contributed by atoms with E-state index in [4.69, 9.17) is 4.74 Å². The van der Waals surface area contributed by atoms with E-state index in [2.05, 4.69) is 19.3 Å². The molecule has 2 rings (SSSR count). The quantitative estimate of drug-likeness (QED) is 0.776. The highest BCUT2D eigenvalue weighted by molar-refractivity contribution is 4.98. The molecule has 0 saturated heterocycles. The maximum Gasteiger partial charge on any atom is 0.0833 e. The molecule has 0 amide bonds. The molecule has 2 nitrogen and oxygen atoms in total. The first-order chi connectivity index (χ1) is 7.70. The molecule has 2 heteroatoms. The monoisotopic (exact) mass is 225 g/mol. The van der Waals surface area contributed by atoms with Gasteiger partial charge in [-0.1, -0.05) is 32.6 Å². The maximum atomic E-state index is 5.97. The first kappa shape index (κ1) is 12.4. The van der Waals surface area contributed by atoms with Crippen LogP contribution in [-0.2, 0) is 4.74 Å². The molecule has 2 aliphatic carbocycles. The van der Waals surface area contributed by atoms with Crippen LogP contribution in [0.2, 0.25) is 0 Å². The van der Waals surface area contributed by atoms with Crippen LogP contribution in [0.25, 0.3) is 0 Å². The van der Waals surface area contributed by atoms with E-state index in [1.165, 1.54) is 44.9 Å². The van der Waals surface area contributed by atoms with E-state index in [0.717, 1.165) is 11.8 Å². The van der Waals surface area contributed by atoms with Gasteiger partial charge in [0.1, 0.15) is 0 Å². The first-order valence-electron chi connectivity index (χ1n) is 6.92. The van der Waals surface area contributed by atoms with Crippen molar-refractivity contribution in [3.63, 3.8) is 0 Å². The van der Waals surface area contributed by atoms with Gasteiger partial charge in [-0.3, -0.25) is 0 Å². The zero-order valence-electron chi connectivity index (χ0n) is 11.1. The van der Waals surface area contributed by atoms with Crippen molar-refractivity contribution < 1.29 is 4.74 Å². The minimum atomic E-state index is 0.120. The SMILES string of the molecule is CNC(CC1CC1)C1(OC)CCCC(C)C1. The summed E-state index contributed by atoms with van der Waals surface area (Å²) in [5, 5.41) is 3.53. The van der Waals surface area contributed by atoms with E-state index in [9.17, 15) is 0 Å². The lowest BCUT2D eigenvalue weighted by molar-refractivity contribution is -0.0804. The Kier molecular flexibility index (Phi) is 3.91. The zero-order valence-corrected chi connectivity index (χ0v) is 11.1. The Morgan fingerprint density at radius 1 is 1.38 bits per heavy atom. The molecule has 0 aliphatic heterocycles. The number of ether oxygens (including phenoxy) is 1. The van der Waals surface area contributed by atoms with Gasteiger partial charge in [-0.2, -0.15) is 0 Å². The third kappa shape index (κ3) is 2.60. The Bertz CT molecular complexity index is 227. The molecule has 0 heterocycles. The van der Waals surface area contributed by atoms with Gasteiger partial charge in [0.25, 0.3) is 0 Å². The normalized spacial score (nSPS) is 37.3. The molecular formula is C14H27NO. The Morgan fingerprint density at radius 3 is 2.62 bits per heavy atom. The van der Waals surface area contributed by atoms with Crippen molar-refractivity contribution in [2.24, 2.45) is 11.8 Å². The van der Waals surface area contributed by atoms with Crippen LogP contribution in [0.15, 0.2) is 0 Å². The van der Waals surface area contributed by atoms with E-state index >= 15 is 0 Å². The smallest absolute Gasteiger partial charge is 0.0833 e. The van der Waals surface area contributed by atoms with Gasteiger partial charge in [-0.25, -0.2) is 0 Å². The minimum Gasteiger partial charge on any atom is -0.377 e. The molecule has 3 atom stereocenters. The van der Waals surface area contributed by atoms with Crippen molar-refractivity contribution in [2.75, 3.05) is 14.2 Å². The second kappa shape index (κ2) is 5.05. The predicted molar refractivity (Wildman–Crippen MR) is 67.6 cm³/mol. The average molecular weight is 225 g/mol. The molecule has 2 fully saturated rings. The fourth-order valence-electron chi connectivity index (χ4n) is 3.47. The van der Waals surface area contributed by atoms with Crippen molar-refractivity contribution in [2.45, 2.75) is 63.5 Å². The van der Waals surface area contributed by atoms with E-state index in [0.29, 0.717) is 6.04 Å². The van der Waals surface area contributed by atoms with Gasteiger partial charge >= 0.3 is 0 Å². The summed E-state index contributed by atoms with van der Waals surface area (Å²) >= 11 is 0. The molecule has 0 aromatic carbocycles. The highest BCUT2D eigenvalue weighted by Gasteiger charge is 2.43. The average Bonchev–Trinajstić information content (AvgIpc) is 3.09. The number of likely N-dealkylation sites (N-methyl/N-ethyl adjacent to an activating group) is 1. The zero-order chi connectivity index (χ0) is 11.6.